The Balaban J connectivity index is 1.24. The van der Waals surface area contributed by atoms with E-state index in [1.54, 1.807) is 4.68 Å². The summed E-state index contributed by atoms with van der Waals surface area (Å²) in [5.41, 5.74) is 4.05. The molecule has 0 spiro atoms. The van der Waals surface area contributed by atoms with Gasteiger partial charge >= 0.3 is 0 Å². The van der Waals surface area contributed by atoms with E-state index in [-0.39, 0.29) is 12.5 Å². The van der Waals surface area contributed by atoms with E-state index in [1.165, 1.54) is 18.4 Å². The number of amides is 1. The number of carbonyl (C=O) groups is 1. The topological polar surface area (TPSA) is 54.3 Å². The molecule has 0 bridgehead atoms. The number of piperazine rings is 1. The fourth-order valence-electron chi connectivity index (χ4n) is 4.45. The Morgan fingerprint density at radius 2 is 1.81 bits per heavy atom. The normalized spacial score (nSPS) is 17.5. The monoisotopic (exact) mass is 457 g/mol. The minimum atomic E-state index is 0.0819. The molecule has 1 saturated carbocycles. The van der Waals surface area contributed by atoms with Crippen LogP contribution in [0.5, 0.6) is 0 Å². The van der Waals surface area contributed by atoms with Crippen molar-refractivity contribution < 1.29 is 4.79 Å². The molecule has 1 aliphatic heterocycles. The predicted octanol–water partition coefficient (Wildman–Crippen LogP) is 4.27. The molecule has 0 unspecified atom stereocenters. The molecule has 1 aromatic carbocycles. The molecule has 0 N–H and O–H groups in total. The van der Waals surface area contributed by atoms with Crippen molar-refractivity contribution >= 4 is 40.1 Å². The van der Waals surface area contributed by atoms with Gasteiger partial charge < -0.3 is 4.90 Å². The molecule has 0 radical (unpaired) electrons. The second-order valence-electron chi connectivity index (χ2n) is 8.47. The number of hydrogen-bond acceptors (Lipinski definition) is 4. The first-order chi connectivity index (χ1) is 15.0. The largest absolute Gasteiger partial charge is 0.339 e. The fourth-order valence-corrected chi connectivity index (χ4v) is 4.96. The number of aryl methyl sites for hydroxylation is 1. The first-order valence-electron chi connectivity index (χ1n) is 10.8. The van der Waals surface area contributed by atoms with Gasteiger partial charge in [-0.25, -0.2) is 9.67 Å². The lowest BCUT2D eigenvalue weighted by Gasteiger charge is -2.35. The van der Waals surface area contributed by atoms with E-state index < -0.39 is 0 Å². The van der Waals surface area contributed by atoms with Crippen LogP contribution < -0.4 is 0 Å². The van der Waals surface area contributed by atoms with Gasteiger partial charge in [0.05, 0.1) is 5.69 Å². The minimum absolute atomic E-state index is 0.0819. The Kier molecular flexibility index (Phi) is 5.63. The molecule has 31 heavy (non-hydrogen) atoms. The summed E-state index contributed by atoms with van der Waals surface area (Å²) in [5.74, 6) is 0.704. The van der Waals surface area contributed by atoms with Crippen LogP contribution >= 0.6 is 23.2 Å². The SMILES string of the molecule is Cc1nn(CC(=O)N2CCN(Cc3c(Cl)cccc3Cl)CC2)c2nccc(C3CC3)c12. The van der Waals surface area contributed by atoms with Crippen LogP contribution in [0.15, 0.2) is 30.5 Å². The van der Waals surface area contributed by atoms with Gasteiger partial charge in [0.1, 0.15) is 6.54 Å². The predicted molar refractivity (Wildman–Crippen MR) is 123 cm³/mol. The van der Waals surface area contributed by atoms with Crippen LogP contribution in [0, 0.1) is 6.92 Å². The molecule has 162 valence electrons. The Morgan fingerprint density at radius 1 is 1.10 bits per heavy atom. The average Bonchev–Trinajstić information content (AvgIpc) is 3.56. The van der Waals surface area contributed by atoms with Crippen LogP contribution in [0.4, 0.5) is 0 Å². The number of rotatable bonds is 5. The maximum atomic E-state index is 13.0. The molecule has 5 rings (SSSR count). The third-order valence-corrected chi connectivity index (χ3v) is 7.02. The lowest BCUT2D eigenvalue weighted by Crippen LogP contribution is -2.49. The zero-order valence-corrected chi connectivity index (χ0v) is 19.0. The number of aromatic nitrogens is 3. The summed E-state index contributed by atoms with van der Waals surface area (Å²) in [6.07, 6.45) is 4.30. The summed E-state index contributed by atoms with van der Waals surface area (Å²) in [5, 5.41) is 7.15. The van der Waals surface area contributed by atoms with Gasteiger partial charge in [0.2, 0.25) is 5.91 Å². The van der Waals surface area contributed by atoms with E-state index in [4.69, 9.17) is 23.2 Å². The third-order valence-electron chi connectivity index (χ3n) is 6.31. The van der Waals surface area contributed by atoms with Crippen molar-refractivity contribution in [2.45, 2.75) is 38.8 Å². The van der Waals surface area contributed by atoms with E-state index in [9.17, 15) is 4.79 Å². The van der Waals surface area contributed by atoms with Crippen molar-refractivity contribution in [2.24, 2.45) is 0 Å². The molecule has 1 aliphatic carbocycles. The van der Waals surface area contributed by atoms with Crippen LogP contribution in [0.1, 0.15) is 35.6 Å². The molecular weight excluding hydrogens is 433 g/mol. The molecule has 3 aromatic rings. The van der Waals surface area contributed by atoms with Crippen LogP contribution in [0.25, 0.3) is 11.0 Å². The maximum absolute atomic E-state index is 13.0. The number of nitrogens with zero attached hydrogens (tertiary/aromatic N) is 5. The highest BCUT2D eigenvalue weighted by Gasteiger charge is 2.28. The molecule has 8 heteroatoms. The van der Waals surface area contributed by atoms with Crippen LogP contribution in [-0.4, -0.2) is 56.7 Å². The van der Waals surface area contributed by atoms with Gasteiger partial charge in [-0.1, -0.05) is 29.3 Å². The van der Waals surface area contributed by atoms with Crippen LogP contribution in [-0.2, 0) is 17.9 Å². The molecule has 2 aliphatic rings. The van der Waals surface area contributed by atoms with Gasteiger partial charge in [-0.3, -0.25) is 9.69 Å². The summed E-state index contributed by atoms with van der Waals surface area (Å²) in [4.78, 5) is 21.7. The van der Waals surface area contributed by atoms with Crippen molar-refractivity contribution in [1.29, 1.82) is 0 Å². The summed E-state index contributed by atoms with van der Waals surface area (Å²) in [6.45, 7) is 5.86. The third kappa shape index (κ3) is 4.16. The van der Waals surface area contributed by atoms with Crippen LogP contribution in [0.3, 0.4) is 0 Å². The molecule has 1 saturated heterocycles. The Bertz CT molecular complexity index is 1110. The van der Waals surface area contributed by atoms with Gasteiger partial charge in [-0.15, -0.1) is 0 Å². The molecule has 0 atom stereocenters. The van der Waals surface area contributed by atoms with Gasteiger partial charge in [-0.2, -0.15) is 5.10 Å². The zero-order valence-electron chi connectivity index (χ0n) is 17.5. The Labute approximate surface area is 191 Å². The molecule has 2 fully saturated rings. The number of benzene rings is 1. The molecule has 2 aromatic heterocycles. The zero-order chi connectivity index (χ0) is 21.5. The summed E-state index contributed by atoms with van der Waals surface area (Å²) < 4.78 is 1.77. The van der Waals surface area contributed by atoms with Crippen molar-refractivity contribution in [2.75, 3.05) is 26.2 Å². The van der Waals surface area contributed by atoms with Crippen molar-refractivity contribution in [3.8, 4) is 0 Å². The highest BCUT2D eigenvalue weighted by molar-refractivity contribution is 6.35. The molecule has 3 heterocycles. The highest BCUT2D eigenvalue weighted by Crippen LogP contribution is 2.43. The average molecular weight is 458 g/mol. The first kappa shape index (κ1) is 20.7. The smallest absolute Gasteiger partial charge is 0.244 e. The van der Waals surface area contributed by atoms with Gasteiger partial charge in [0.25, 0.3) is 0 Å². The molecular formula is C23H25Cl2N5O. The second kappa shape index (κ2) is 8.41. The van der Waals surface area contributed by atoms with E-state index in [0.29, 0.717) is 35.6 Å². The number of hydrogen-bond donors (Lipinski definition) is 0. The van der Waals surface area contributed by atoms with Gasteiger partial charge in [0, 0.05) is 59.9 Å². The number of halogens is 2. The van der Waals surface area contributed by atoms with E-state index >= 15 is 0 Å². The highest BCUT2D eigenvalue weighted by atomic mass is 35.5. The van der Waals surface area contributed by atoms with Gasteiger partial charge in [0.15, 0.2) is 5.65 Å². The molecule has 1 amide bonds. The number of carbonyl (C=O) groups excluding carboxylic acids is 1. The van der Waals surface area contributed by atoms with Crippen molar-refractivity contribution in [3.63, 3.8) is 0 Å². The summed E-state index contributed by atoms with van der Waals surface area (Å²) in [6, 6.07) is 7.68. The maximum Gasteiger partial charge on any atom is 0.244 e. The molecule has 6 nitrogen and oxygen atoms in total. The number of fused-ring (bicyclic) bond motifs is 1. The van der Waals surface area contributed by atoms with E-state index in [1.807, 2.05) is 36.2 Å². The standard InChI is InChI=1S/C23H25Cl2N5O/c1-15-22-17(16-5-6-16)7-8-26-23(22)30(27-15)14-21(31)29-11-9-28(10-12-29)13-18-19(24)3-2-4-20(18)25/h2-4,7-8,16H,5-6,9-14H2,1H3. The van der Waals surface area contributed by atoms with Crippen molar-refractivity contribution in [3.05, 3.63) is 57.3 Å². The lowest BCUT2D eigenvalue weighted by molar-refractivity contribution is -0.133. The first-order valence-corrected chi connectivity index (χ1v) is 11.5. The van der Waals surface area contributed by atoms with E-state index in [0.717, 1.165) is 35.4 Å². The Morgan fingerprint density at radius 3 is 2.48 bits per heavy atom. The quantitative estimate of drug-likeness (QED) is 0.573. The second-order valence-corrected chi connectivity index (χ2v) is 9.29. The summed E-state index contributed by atoms with van der Waals surface area (Å²) in [7, 11) is 0. The Hall–Kier alpha value is -2.15. The minimum Gasteiger partial charge on any atom is -0.339 e. The van der Waals surface area contributed by atoms with E-state index in [2.05, 4.69) is 21.0 Å². The van der Waals surface area contributed by atoms with Crippen molar-refractivity contribution in [1.82, 2.24) is 24.6 Å². The summed E-state index contributed by atoms with van der Waals surface area (Å²) >= 11 is 12.6. The van der Waals surface area contributed by atoms with Crippen LogP contribution in [0.2, 0.25) is 10.0 Å². The lowest BCUT2D eigenvalue weighted by atomic mass is 10.1. The van der Waals surface area contributed by atoms with Gasteiger partial charge in [-0.05, 0) is 49.4 Å². The number of pyridine rings is 1. The fraction of sp³-hybridized carbons (Fsp3) is 0.435.